The number of thioether (sulfide) groups is 1. The first-order valence-electron chi connectivity index (χ1n) is 7.28. The molecule has 1 fully saturated rings. The molecule has 2 rings (SSSR count). The average molecular weight is 306 g/mol. The number of benzene rings is 1. The van der Waals surface area contributed by atoms with Crippen LogP contribution in [-0.4, -0.2) is 40.4 Å². The van der Waals surface area contributed by atoms with Gasteiger partial charge in [0.05, 0.1) is 5.88 Å². The van der Waals surface area contributed by atoms with Crippen molar-refractivity contribution in [2.75, 3.05) is 11.6 Å². The fourth-order valence-electron chi connectivity index (χ4n) is 2.25. The normalized spacial score (nSPS) is 19.4. The second-order valence-corrected chi connectivity index (χ2v) is 6.48. The van der Waals surface area contributed by atoms with E-state index in [-0.39, 0.29) is 23.9 Å². The lowest BCUT2D eigenvalue weighted by Crippen LogP contribution is -2.49. The van der Waals surface area contributed by atoms with E-state index in [1.165, 1.54) is 0 Å². The summed E-state index contributed by atoms with van der Waals surface area (Å²) in [5, 5.41) is 2.97. The van der Waals surface area contributed by atoms with Crippen LogP contribution in [0.15, 0.2) is 24.3 Å². The van der Waals surface area contributed by atoms with E-state index in [1.54, 1.807) is 16.7 Å². The van der Waals surface area contributed by atoms with Gasteiger partial charge in [-0.15, -0.1) is 11.8 Å². The molecule has 21 heavy (non-hydrogen) atoms. The Morgan fingerprint density at radius 3 is 2.90 bits per heavy atom. The lowest BCUT2D eigenvalue weighted by molar-refractivity contribution is -0.125. The minimum atomic E-state index is -0.364. The number of hydrogen-bond acceptors (Lipinski definition) is 3. The maximum absolute atomic E-state index is 12.6. The number of carbonyl (C=O) groups is 2. The zero-order valence-electron chi connectivity index (χ0n) is 12.8. The topological polar surface area (TPSA) is 49.4 Å². The Bertz CT molecular complexity index is 533. The van der Waals surface area contributed by atoms with Crippen LogP contribution in [0.25, 0.3) is 0 Å². The van der Waals surface area contributed by atoms with E-state index in [0.29, 0.717) is 17.2 Å². The molecule has 2 amide bonds. The SMILES string of the molecule is CCC(C)NC(=O)C1CSCN1C(=O)c1cccc(C)c1. The second-order valence-electron chi connectivity index (χ2n) is 5.48. The quantitative estimate of drug-likeness (QED) is 0.929. The van der Waals surface area contributed by atoms with Crippen molar-refractivity contribution in [2.45, 2.75) is 39.3 Å². The average Bonchev–Trinajstić information content (AvgIpc) is 2.95. The van der Waals surface area contributed by atoms with E-state index in [1.807, 2.05) is 45.0 Å². The van der Waals surface area contributed by atoms with Crippen molar-refractivity contribution in [1.82, 2.24) is 10.2 Å². The summed E-state index contributed by atoms with van der Waals surface area (Å²) in [7, 11) is 0. The minimum Gasteiger partial charge on any atom is -0.352 e. The number of amides is 2. The monoisotopic (exact) mass is 306 g/mol. The molecular weight excluding hydrogens is 284 g/mol. The standard InChI is InChI=1S/C16H22N2O2S/c1-4-12(3)17-15(19)14-9-21-10-18(14)16(20)13-7-5-6-11(2)8-13/h5-8,12,14H,4,9-10H2,1-3H3,(H,17,19). The molecule has 2 atom stereocenters. The molecule has 1 aliphatic rings. The van der Waals surface area contributed by atoms with Gasteiger partial charge in [0.15, 0.2) is 0 Å². The third-order valence-electron chi connectivity index (χ3n) is 3.71. The van der Waals surface area contributed by atoms with Gasteiger partial charge in [-0.05, 0) is 32.4 Å². The number of nitrogens with zero attached hydrogens (tertiary/aromatic N) is 1. The van der Waals surface area contributed by atoms with Crippen LogP contribution in [0, 0.1) is 6.92 Å². The zero-order valence-corrected chi connectivity index (χ0v) is 13.6. The van der Waals surface area contributed by atoms with Gasteiger partial charge in [0.1, 0.15) is 6.04 Å². The molecule has 1 N–H and O–H groups in total. The molecule has 1 aromatic carbocycles. The van der Waals surface area contributed by atoms with E-state index in [2.05, 4.69) is 5.32 Å². The van der Waals surface area contributed by atoms with E-state index in [4.69, 9.17) is 0 Å². The van der Waals surface area contributed by atoms with E-state index in [9.17, 15) is 9.59 Å². The van der Waals surface area contributed by atoms with Crippen LogP contribution in [0.3, 0.4) is 0 Å². The molecule has 1 heterocycles. The molecule has 0 aliphatic carbocycles. The molecular formula is C16H22N2O2S. The summed E-state index contributed by atoms with van der Waals surface area (Å²) in [6, 6.07) is 7.29. The molecule has 0 spiro atoms. The third kappa shape index (κ3) is 3.79. The highest BCUT2D eigenvalue weighted by atomic mass is 32.2. The second kappa shape index (κ2) is 6.98. The smallest absolute Gasteiger partial charge is 0.255 e. The number of aryl methyl sites for hydroxylation is 1. The largest absolute Gasteiger partial charge is 0.352 e. The fourth-order valence-corrected chi connectivity index (χ4v) is 3.40. The van der Waals surface area contributed by atoms with Gasteiger partial charge in [-0.1, -0.05) is 24.6 Å². The summed E-state index contributed by atoms with van der Waals surface area (Å²) in [5.74, 6) is 1.13. The summed E-state index contributed by atoms with van der Waals surface area (Å²) in [4.78, 5) is 26.6. The van der Waals surface area contributed by atoms with Crippen LogP contribution in [0.2, 0.25) is 0 Å². The number of nitrogens with one attached hydrogen (secondary N) is 1. The molecule has 4 nitrogen and oxygen atoms in total. The Morgan fingerprint density at radius 2 is 2.24 bits per heavy atom. The number of rotatable bonds is 4. The van der Waals surface area contributed by atoms with Crippen molar-refractivity contribution >= 4 is 23.6 Å². The maximum atomic E-state index is 12.6. The van der Waals surface area contributed by atoms with Gasteiger partial charge < -0.3 is 10.2 Å². The summed E-state index contributed by atoms with van der Waals surface area (Å²) in [6.07, 6.45) is 0.886. The van der Waals surface area contributed by atoms with Gasteiger partial charge in [0.25, 0.3) is 5.91 Å². The third-order valence-corrected chi connectivity index (χ3v) is 4.72. The van der Waals surface area contributed by atoms with E-state index >= 15 is 0 Å². The first-order valence-corrected chi connectivity index (χ1v) is 8.44. The molecule has 0 radical (unpaired) electrons. The van der Waals surface area contributed by atoms with Crippen molar-refractivity contribution in [1.29, 1.82) is 0 Å². The Hall–Kier alpha value is -1.49. The molecule has 1 saturated heterocycles. The van der Waals surface area contributed by atoms with Crippen molar-refractivity contribution in [3.8, 4) is 0 Å². The Kier molecular flexibility index (Phi) is 5.28. The molecule has 114 valence electrons. The van der Waals surface area contributed by atoms with Gasteiger partial charge in [-0.25, -0.2) is 0 Å². The van der Waals surface area contributed by atoms with Crippen LogP contribution < -0.4 is 5.32 Å². The summed E-state index contributed by atoms with van der Waals surface area (Å²) in [5.41, 5.74) is 1.70. The molecule has 0 bridgehead atoms. The minimum absolute atomic E-state index is 0.0460. The maximum Gasteiger partial charge on any atom is 0.255 e. The first kappa shape index (κ1) is 15.9. The van der Waals surface area contributed by atoms with Crippen molar-refractivity contribution in [2.24, 2.45) is 0 Å². The Balaban J connectivity index is 2.11. The van der Waals surface area contributed by atoms with E-state index < -0.39 is 0 Å². The van der Waals surface area contributed by atoms with Gasteiger partial charge in [0.2, 0.25) is 5.91 Å². The lowest BCUT2D eigenvalue weighted by Gasteiger charge is -2.24. The first-order chi connectivity index (χ1) is 10.0. The number of hydrogen-bond donors (Lipinski definition) is 1. The van der Waals surface area contributed by atoms with Crippen molar-refractivity contribution < 1.29 is 9.59 Å². The van der Waals surface area contributed by atoms with Crippen LogP contribution in [-0.2, 0) is 4.79 Å². The molecule has 2 unspecified atom stereocenters. The van der Waals surface area contributed by atoms with Gasteiger partial charge in [-0.3, -0.25) is 9.59 Å². The zero-order chi connectivity index (χ0) is 15.4. The highest BCUT2D eigenvalue weighted by Crippen LogP contribution is 2.23. The van der Waals surface area contributed by atoms with E-state index in [0.717, 1.165) is 12.0 Å². The van der Waals surface area contributed by atoms with Crippen molar-refractivity contribution in [3.05, 3.63) is 35.4 Å². The van der Waals surface area contributed by atoms with Crippen molar-refractivity contribution in [3.63, 3.8) is 0 Å². The highest BCUT2D eigenvalue weighted by molar-refractivity contribution is 7.99. The van der Waals surface area contributed by atoms with Crippen LogP contribution in [0.4, 0.5) is 0 Å². The van der Waals surface area contributed by atoms with Crippen LogP contribution in [0.5, 0.6) is 0 Å². The molecule has 0 aromatic heterocycles. The van der Waals surface area contributed by atoms with Crippen LogP contribution in [0.1, 0.15) is 36.2 Å². The van der Waals surface area contributed by atoms with Gasteiger partial charge in [0, 0.05) is 17.4 Å². The number of carbonyl (C=O) groups excluding carboxylic acids is 2. The molecule has 1 aliphatic heterocycles. The molecule has 0 saturated carbocycles. The van der Waals surface area contributed by atoms with Crippen LogP contribution >= 0.6 is 11.8 Å². The summed E-state index contributed by atoms with van der Waals surface area (Å²) < 4.78 is 0. The predicted octanol–water partition coefficient (Wildman–Crippen LogP) is 2.42. The summed E-state index contributed by atoms with van der Waals surface area (Å²) >= 11 is 1.62. The van der Waals surface area contributed by atoms with Gasteiger partial charge in [-0.2, -0.15) is 0 Å². The predicted molar refractivity (Wildman–Crippen MR) is 86.4 cm³/mol. The molecule has 5 heteroatoms. The summed E-state index contributed by atoms with van der Waals surface area (Å²) in [6.45, 7) is 5.97. The fraction of sp³-hybridized carbons (Fsp3) is 0.500. The van der Waals surface area contributed by atoms with Gasteiger partial charge >= 0.3 is 0 Å². The highest BCUT2D eigenvalue weighted by Gasteiger charge is 2.35. The molecule has 1 aromatic rings. The Morgan fingerprint density at radius 1 is 1.48 bits per heavy atom. The lowest BCUT2D eigenvalue weighted by atomic mass is 10.1. The Labute approximate surface area is 130 Å².